The van der Waals surface area contributed by atoms with E-state index in [2.05, 4.69) is 36.1 Å². The van der Waals surface area contributed by atoms with Crippen LogP contribution in [0.3, 0.4) is 0 Å². The van der Waals surface area contributed by atoms with E-state index >= 15 is 0 Å². The molecule has 0 unspecified atom stereocenters. The van der Waals surface area contributed by atoms with Gasteiger partial charge < -0.3 is 4.74 Å². The molecule has 0 N–H and O–H groups in total. The number of hydrogen-bond acceptors (Lipinski definition) is 6. The zero-order chi connectivity index (χ0) is 21.3. The summed E-state index contributed by atoms with van der Waals surface area (Å²) in [6, 6.07) is 15.4. The first-order chi connectivity index (χ1) is 14.4. The molecule has 0 aliphatic rings. The molecular formula is C23H21N3O3S. The molecule has 0 saturated heterocycles. The van der Waals surface area contributed by atoms with Gasteiger partial charge in [-0.3, -0.25) is 9.59 Å². The van der Waals surface area contributed by atoms with Gasteiger partial charge in [-0.15, -0.1) is 0 Å². The first-order valence-corrected chi connectivity index (χ1v) is 10.4. The minimum Gasteiger partial charge on any atom is -0.497 e. The van der Waals surface area contributed by atoms with Crippen LogP contribution in [-0.4, -0.2) is 21.7 Å². The zero-order valence-electron chi connectivity index (χ0n) is 17.0. The number of hydrogen-bond donors (Lipinski definition) is 0. The zero-order valence-corrected chi connectivity index (χ0v) is 17.8. The summed E-state index contributed by atoms with van der Waals surface area (Å²) in [4.78, 5) is 29.6. The first-order valence-electron chi connectivity index (χ1n) is 9.62. The van der Waals surface area contributed by atoms with Crippen molar-refractivity contribution in [3.05, 3.63) is 96.2 Å². The van der Waals surface area contributed by atoms with E-state index in [1.165, 1.54) is 21.4 Å². The van der Waals surface area contributed by atoms with Crippen LogP contribution in [0, 0.1) is 0 Å². The van der Waals surface area contributed by atoms with E-state index in [0.717, 1.165) is 16.9 Å². The van der Waals surface area contributed by atoms with Crippen LogP contribution in [0.25, 0.3) is 11.0 Å². The first kappa shape index (κ1) is 20.0. The number of rotatable bonds is 5. The number of nitrogens with zero attached hydrogens (tertiary/aromatic N) is 3. The molecule has 0 aliphatic carbocycles. The summed E-state index contributed by atoms with van der Waals surface area (Å²) in [5, 5.41) is 4.30. The molecule has 30 heavy (non-hydrogen) atoms. The fourth-order valence-electron chi connectivity index (χ4n) is 3.12. The minimum absolute atomic E-state index is 0.236. The average molecular weight is 420 g/mol. The van der Waals surface area contributed by atoms with Gasteiger partial charge >= 0.3 is 0 Å². The van der Waals surface area contributed by atoms with Crippen LogP contribution in [0.15, 0.2) is 58.1 Å². The highest BCUT2D eigenvalue weighted by atomic mass is 32.1. The third-order valence-corrected chi connectivity index (χ3v) is 5.84. The Balaban J connectivity index is 1.71. The second-order valence-electron chi connectivity index (χ2n) is 7.32. The van der Waals surface area contributed by atoms with Crippen molar-refractivity contribution in [2.45, 2.75) is 26.2 Å². The van der Waals surface area contributed by atoms with Crippen molar-refractivity contribution in [2.24, 2.45) is 0 Å². The van der Waals surface area contributed by atoms with Crippen LogP contribution in [0.4, 0.5) is 0 Å². The Bertz CT molecular complexity index is 1350. The Morgan fingerprint density at radius 3 is 2.40 bits per heavy atom. The highest BCUT2D eigenvalue weighted by Gasteiger charge is 2.12. The fourth-order valence-corrected chi connectivity index (χ4v) is 4.02. The smallest absolute Gasteiger partial charge is 0.296 e. The molecule has 152 valence electrons. The molecule has 4 rings (SSSR count). The lowest BCUT2D eigenvalue weighted by molar-refractivity contribution is 0.414. The second-order valence-corrected chi connectivity index (χ2v) is 8.33. The van der Waals surface area contributed by atoms with Crippen LogP contribution < -0.4 is 20.4 Å². The Labute approximate surface area is 177 Å². The summed E-state index contributed by atoms with van der Waals surface area (Å²) in [5.74, 6) is 1.18. The maximum Gasteiger partial charge on any atom is 0.296 e. The lowest BCUT2D eigenvalue weighted by Crippen LogP contribution is -2.28. The van der Waals surface area contributed by atoms with E-state index in [1.54, 1.807) is 13.2 Å². The van der Waals surface area contributed by atoms with E-state index in [1.807, 2.05) is 36.4 Å². The topological polar surface area (TPSA) is 73.6 Å². The van der Waals surface area contributed by atoms with Crippen LogP contribution >= 0.6 is 11.3 Å². The predicted molar refractivity (Wildman–Crippen MR) is 119 cm³/mol. The average Bonchev–Trinajstić information content (AvgIpc) is 3.03. The maximum absolute atomic E-state index is 12.8. The highest BCUT2D eigenvalue weighted by Crippen LogP contribution is 2.15. The largest absolute Gasteiger partial charge is 0.497 e. The summed E-state index contributed by atoms with van der Waals surface area (Å²) in [6.07, 6.45) is 2.10. The standard InChI is InChI=1S/C23H21N3O3S/c1-14(2)17-8-4-16(5-9-17)13-20-22(28)26-23(30-20)24-21(27)19(25-26)12-15-6-10-18(29-3)11-7-15/h4-11,13-14H,12H2,1-3H3/b20-13+. The Hall–Kier alpha value is -3.32. The van der Waals surface area contributed by atoms with Gasteiger partial charge in [-0.2, -0.15) is 14.6 Å². The molecule has 0 bridgehead atoms. The van der Waals surface area contributed by atoms with Gasteiger partial charge in [-0.05, 0) is 40.8 Å². The van der Waals surface area contributed by atoms with Crippen molar-refractivity contribution in [3.63, 3.8) is 0 Å². The molecule has 2 aromatic heterocycles. The van der Waals surface area contributed by atoms with Crippen LogP contribution in [0.5, 0.6) is 5.75 Å². The number of aromatic nitrogens is 3. The summed E-state index contributed by atoms with van der Waals surface area (Å²) in [5.41, 5.74) is 2.60. The third-order valence-electron chi connectivity index (χ3n) is 4.88. The monoisotopic (exact) mass is 419 g/mol. The molecule has 7 heteroatoms. The van der Waals surface area contributed by atoms with Crippen LogP contribution in [0.2, 0.25) is 0 Å². The summed E-state index contributed by atoms with van der Waals surface area (Å²) < 4.78 is 6.86. The molecule has 2 aromatic carbocycles. The molecule has 6 nitrogen and oxygen atoms in total. The van der Waals surface area contributed by atoms with Gasteiger partial charge in [0.2, 0.25) is 4.96 Å². The number of thiazole rings is 1. The Morgan fingerprint density at radius 2 is 1.77 bits per heavy atom. The second kappa shape index (κ2) is 8.20. The van der Waals surface area contributed by atoms with E-state index in [9.17, 15) is 9.59 Å². The van der Waals surface area contributed by atoms with Gasteiger partial charge in [-0.1, -0.05) is 61.6 Å². The number of ether oxygens (including phenoxy) is 1. The van der Waals surface area contributed by atoms with Gasteiger partial charge in [0.05, 0.1) is 11.6 Å². The Morgan fingerprint density at radius 1 is 1.07 bits per heavy atom. The number of methoxy groups -OCH3 is 1. The van der Waals surface area contributed by atoms with Gasteiger partial charge in [0.15, 0.2) is 0 Å². The quantitative estimate of drug-likeness (QED) is 0.497. The van der Waals surface area contributed by atoms with Crippen molar-refractivity contribution in [1.29, 1.82) is 0 Å². The predicted octanol–water partition coefficient (Wildman–Crippen LogP) is 2.78. The SMILES string of the molecule is COc1ccc(Cc2nn3c(=O)/c(=C\c4ccc(C(C)C)cc4)sc3nc2=O)cc1. The van der Waals surface area contributed by atoms with E-state index < -0.39 is 5.56 Å². The van der Waals surface area contributed by atoms with E-state index in [4.69, 9.17) is 4.74 Å². The normalized spacial score (nSPS) is 12.1. The Kier molecular flexibility index (Phi) is 5.46. The van der Waals surface area contributed by atoms with Crippen LogP contribution in [0.1, 0.15) is 42.1 Å². The van der Waals surface area contributed by atoms with Crippen LogP contribution in [-0.2, 0) is 6.42 Å². The third kappa shape index (κ3) is 4.02. The number of fused-ring (bicyclic) bond motifs is 1. The molecule has 2 heterocycles. The van der Waals surface area contributed by atoms with Crippen molar-refractivity contribution < 1.29 is 4.74 Å². The molecule has 0 fully saturated rings. The fraction of sp³-hybridized carbons (Fsp3) is 0.217. The summed E-state index contributed by atoms with van der Waals surface area (Å²) in [7, 11) is 1.60. The van der Waals surface area contributed by atoms with Crippen molar-refractivity contribution in [1.82, 2.24) is 14.6 Å². The van der Waals surface area contributed by atoms with E-state index in [0.29, 0.717) is 21.8 Å². The molecule has 0 amide bonds. The molecule has 0 spiro atoms. The lowest BCUT2D eigenvalue weighted by atomic mass is 10.0. The van der Waals surface area contributed by atoms with Gasteiger partial charge in [0.1, 0.15) is 11.4 Å². The van der Waals surface area contributed by atoms with E-state index in [-0.39, 0.29) is 11.3 Å². The van der Waals surface area contributed by atoms with Crippen molar-refractivity contribution in [3.8, 4) is 5.75 Å². The molecule has 0 aliphatic heterocycles. The van der Waals surface area contributed by atoms with Gasteiger partial charge in [-0.25, -0.2) is 0 Å². The van der Waals surface area contributed by atoms with Gasteiger partial charge in [0, 0.05) is 6.42 Å². The molecule has 0 saturated carbocycles. The molecule has 4 aromatic rings. The van der Waals surface area contributed by atoms with Crippen molar-refractivity contribution in [2.75, 3.05) is 7.11 Å². The maximum atomic E-state index is 12.8. The minimum atomic E-state index is -0.417. The molecule has 0 atom stereocenters. The van der Waals surface area contributed by atoms with Crippen molar-refractivity contribution >= 4 is 22.4 Å². The summed E-state index contributed by atoms with van der Waals surface area (Å²) in [6.45, 7) is 4.27. The highest BCUT2D eigenvalue weighted by molar-refractivity contribution is 7.15. The number of benzene rings is 2. The lowest BCUT2D eigenvalue weighted by Gasteiger charge is -2.04. The molecular weight excluding hydrogens is 398 g/mol. The summed E-state index contributed by atoms with van der Waals surface area (Å²) >= 11 is 1.17. The molecule has 0 radical (unpaired) electrons. The van der Waals surface area contributed by atoms with Gasteiger partial charge in [0.25, 0.3) is 11.1 Å².